The molecular weight excluding hydrogens is 238 g/mol. The lowest BCUT2D eigenvalue weighted by Crippen LogP contribution is -1.99. The molecule has 0 atom stereocenters. The molecule has 0 radical (unpaired) electrons. The molecule has 1 N–H and O–H groups in total. The van der Waals surface area contributed by atoms with Gasteiger partial charge in [-0.2, -0.15) is 0 Å². The molecule has 1 aliphatic heterocycles. The van der Waals surface area contributed by atoms with Gasteiger partial charge in [0.05, 0.1) is 5.56 Å². The van der Waals surface area contributed by atoms with E-state index in [1.807, 2.05) is 0 Å². The van der Waals surface area contributed by atoms with E-state index in [4.69, 9.17) is 19.1 Å². The molecule has 0 saturated carbocycles. The molecule has 0 spiro atoms. The first-order chi connectivity index (χ1) is 8.66. The summed E-state index contributed by atoms with van der Waals surface area (Å²) in [6.07, 6.45) is 0. The van der Waals surface area contributed by atoms with Crippen LogP contribution in [0.25, 0.3) is 11.1 Å². The molecule has 0 aliphatic carbocycles. The van der Waals surface area contributed by atoms with Gasteiger partial charge in [0.25, 0.3) is 0 Å². The Hall–Kier alpha value is -2.50. The normalized spacial score (nSPS) is 12.7. The molecular formula is C12H9NO5. The fraction of sp³-hybridized carbons (Fsp3) is 0.167. The van der Waals surface area contributed by atoms with E-state index in [-0.39, 0.29) is 12.5 Å². The third kappa shape index (κ3) is 1.50. The fourth-order valence-corrected chi connectivity index (χ4v) is 1.91. The summed E-state index contributed by atoms with van der Waals surface area (Å²) in [4.78, 5) is 11.1. The summed E-state index contributed by atoms with van der Waals surface area (Å²) in [7, 11) is 0. The Labute approximate surface area is 102 Å². The van der Waals surface area contributed by atoms with E-state index in [9.17, 15) is 4.79 Å². The molecule has 0 bridgehead atoms. The zero-order valence-electron chi connectivity index (χ0n) is 9.47. The topological polar surface area (TPSA) is 81.8 Å². The maximum atomic E-state index is 11.1. The van der Waals surface area contributed by atoms with Crippen LogP contribution in [0.2, 0.25) is 0 Å². The molecule has 0 amide bonds. The maximum absolute atomic E-state index is 11.1. The van der Waals surface area contributed by atoms with Crippen molar-refractivity contribution in [2.75, 3.05) is 6.79 Å². The molecule has 6 heteroatoms. The third-order valence-electron chi connectivity index (χ3n) is 2.73. The summed E-state index contributed by atoms with van der Waals surface area (Å²) in [5.74, 6) is 0.556. The number of ether oxygens (including phenoxy) is 2. The monoisotopic (exact) mass is 247 g/mol. The Kier molecular flexibility index (Phi) is 2.22. The molecule has 6 nitrogen and oxygen atoms in total. The van der Waals surface area contributed by atoms with Crippen LogP contribution >= 0.6 is 0 Å². The number of aromatic carboxylic acids is 1. The van der Waals surface area contributed by atoms with Gasteiger partial charge in [0.15, 0.2) is 17.2 Å². The lowest BCUT2D eigenvalue weighted by atomic mass is 10.0. The van der Waals surface area contributed by atoms with Gasteiger partial charge >= 0.3 is 5.97 Å². The average Bonchev–Trinajstić information content (AvgIpc) is 2.93. The van der Waals surface area contributed by atoms with Gasteiger partial charge in [0.1, 0.15) is 5.76 Å². The summed E-state index contributed by atoms with van der Waals surface area (Å²) in [5.41, 5.74) is 1.03. The van der Waals surface area contributed by atoms with Gasteiger partial charge in [-0.15, -0.1) is 0 Å². The van der Waals surface area contributed by atoms with Crippen molar-refractivity contribution in [2.45, 2.75) is 6.92 Å². The summed E-state index contributed by atoms with van der Waals surface area (Å²) < 4.78 is 15.4. The number of carboxylic acid groups (broad SMARTS) is 1. The van der Waals surface area contributed by atoms with Crippen LogP contribution in [0.1, 0.15) is 16.2 Å². The molecule has 0 fully saturated rings. The molecule has 0 unspecified atom stereocenters. The van der Waals surface area contributed by atoms with Gasteiger partial charge < -0.3 is 19.1 Å². The summed E-state index contributed by atoms with van der Waals surface area (Å²) in [5, 5.41) is 12.6. The largest absolute Gasteiger partial charge is 0.476 e. The van der Waals surface area contributed by atoms with Gasteiger partial charge in [0, 0.05) is 0 Å². The first kappa shape index (κ1) is 10.6. The highest BCUT2D eigenvalue weighted by Gasteiger charge is 2.22. The molecule has 18 heavy (non-hydrogen) atoms. The minimum Gasteiger partial charge on any atom is -0.476 e. The maximum Gasteiger partial charge on any atom is 0.358 e. The van der Waals surface area contributed by atoms with E-state index >= 15 is 0 Å². The average molecular weight is 247 g/mol. The fourth-order valence-electron chi connectivity index (χ4n) is 1.91. The quantitative estimate of drug-likeness (QED) is 0.874. The van der Waals surface area contributed by atoms with Gasteiger partial charge in [-0.3, -0.25) is 0 Å². The number of carboxylic acids is 1. The van der Waals surface area contributed by atoms with Gasteiger partial charge in [0.2, 0.25) is 6.79 Å². The zero-order valence-corrected chi connectivity index (χ0v) is 9.47. The molecule has 2 aromatic rings. The molecule has 0 saturated heterocycles. The second-order valence-corrected chi connectivity index (χ2v) is 3.84. The van der Waals surface area contributed by atoms with E-state index in [1.54, 1.807) is 25.1 Å². The van der Waals surface area contributed by atoms with Gasteiger partial charge in [-0.05, 0) is 24.6 Å². The van der Waals surface area contributed by atoms with Crippen LogP contribution in [0.4, 0.5) is 0 Å². The number of aryl methyl sites for hydroxylation is 1. The minimum absolute atomic E-state index is 0.105. The number of hydrogen-bond donors (Lipinski definition) is 1. The van der Waals surface area contributed by atoms with E-state index in [1.165, 1.54) is 0 Å². The van der Waals surface area contributed by atoms with Crippen LogP contribution in [-0.2, 0) is 0 Å². The molecule has 1 aromatic heterocycles. The number of fused-ring (bicyclic) bond motifs is 1. The highest BCUT2D eigenvalue weighted by Crippen LogP contribution is 2.37. The third-order valence-corrected chi connectivity index (χ3v) is 2.73. The van der Waals surface area contributed by atoms with Crippen LogP contribution in [0.15, 0.2) is 22.7 Å². The Bertz CT molecular complexity index is 631. The van der Waals surface area contributed by atoms with Crippen LogP contribution in [0.3, 0.4) is 0 Å². The summed E-state index contributed by atoms with van der Waals surface area (Å²) >= 11 is 0. The molecule has 1 aromatic carbocycles. The molecule has 3 rings (SSSR count). The predicted octanol–water partition coefficient (Wildman–Crippen LogP) is 2.08. The van der Waals surface area contributed by atoms with Crippen LogP contribution in [0, 0.1) is 6.92 Å². The Morgan fingerprint density at radius 2 is 2.11 bits per heavy atom. The van der Waals surface area contributed by atoms with Gasteiger partial charge in [-0.1, -0.05) is 11.2 Å². The van der Waals surface area contributed by atoms with Crippen molar-refractivity contribution in [2.24, 2.45) is 0 Å². The van der Waals surface area contributed by atoms with E-state index in [0.29, 0.717) is 28.4 Å². The number of aromatic nitrogens is 1. The van der Waals surface area contributed by atoms with Crippen molar-refractivity contribution in [3.63, 3.8) is 0 Å². The van der Waals surface area contributed by atoms with Crippen molar-refractivity contribution in [3.05, 3.63) is 29.7 Å². The van der Waals surface area contributed by atoms with Crippen molar-refractivity contribution >= 4 is 5.97 Å². The number of benzene rings is 1. The van der Waals surface area contributed by atoms with E-state index in [2.05, 4.69) is 5.16 Å². The summed E-state index contributed by atoms with van der Waals surface area (Å²) in [6, 6.07) is 5.20. The van der Waals surface area contributed by atoms with E-state index in [0.717, 1.165) is 0 Å². The standard InChI is InChI=1S/C12H9NO5/c1-6-10(11(12(14)15)13-18-6)7-2-3-8-9(4-7)17-5-16-8/h2-4H,5H2,1H3,(H,14,15). The first-order valence-corrected chi connectivity index (χ1v) is 5.26. The molecule has 2 heterocycles. The van der Waals surface area contributed by atoms with Crippen LogP contribution < -0.4 is 9.47 Å². The Morgan fingerprint density at radius 1 is 1.33 bits per heavy atom. The van der Waals surface area contributed by atoms with Crippen molar-refractivity contribution in [3.8, 4) is 22.6 Å². The second-order valence-electron chi connectivity index (χ2n) is 3.84. The Balaban J connectivity index is 2.15. The van der Waals surface area contributed by atoms with Crippen molar-refractivity contribution < 1.29 is 23.9 Å². The SMILES string of the molecule is Cc1onc(C(=O)O)c1-c1ccc2c(c1)OCO2. The molecule has 1 aliphatic rings. The smallest absolute Gasteiger partial charge is 0.358 e. The summed E-state index contributed by atoms with van der Waals surface area (Å²) in [6.45, 7) is 1.84. The van der Waals surface area contributed by atoms with Crippen LogP contribution in [0.5, 0.6) is 11.5 Å². The van der Waals surface area contributed by atoms with Crippen molar-refractivity contribution in [1.82, 2.24) is 5.16 Å². The second kappa shape index (κ2) is 3.76. The number of hydrogen-bond acceptors (Lipinski definition) is 5. The lowest BCUT2D eigenvalue weighted by Gasteiger charge is -2.02. The Morgan fingerprint density at radius 3 is 2.89 bits per heavy atom. The van der Waals surface area contributed by atoms with Crippen molar-refractivity contribution in [1.29, 1.82) is 0 Å². The number of nitrogens with zero attached hydrogens (tertiary/aromatic N) is 1. The highest BCUT2D eigenvalue weighted by molar-refractivity contribution is 5.94. The zero-order chi connectivity index (χ0) is 12.7. The van der Waals surface area contributed by atoms with E-state index < -0.39 is 5.97 Å². The minimum atomic E-state index is -1.13. The lowest BCUT2D eigenvalue weighted by molar-refractivity contribution is 0.0686. The molecule has 92 valence electrons. The van der Waals surface area contributed by atoms with Crippen LogP contribution in [-0.4, -0.2) is 23.0 Å². The predicted molar refractivity (Wildman–Crippen MR) is 59.8 cm³/mol. The first-order valence-electron chi connectivity index (χ1n) is 5.26. The highest BCUT2D eigenvalue weighted by atomic mass is 16.7. The number of rotatable bonds is 2. The van der Waals surface area contributed by atoms with Gasteiger partial charge in [-0.25, -0.2) is 4.79 Å². The number of carbonyl (C=O) groups is 1.